The molecular weight excluding hydrogens is 256 g/mol. The predicted molar refractivity (Wildman–Crippen MR) is 78.8 cm³/mol. The number of hydrogen-bond acceptors (Lipinski definition) is 3. The molecule has 0 bridgehead atoms. The van der Waals surface area contributed by atoms with Crippen LogP contribution in [0.1, 0.15) is 32.4 Å². The van der Waals surface area contributed by atoms with Crippen molar-refractivity contribution in [2.24, 2.45) is 5.92 Å². The van der Waals surface area contributed by atoms with Crippen LogP contribution in [0.4, 0.5) is 4.79 Å². The van der Waals surface area contributed by atoms with Gasteiger partial charge in [0, 0.05) is 13.2 Å². The summed E-state index contributed by atoms with van der Waals surface area (Å²) < 4.78 is 5.44. The number of rotatable bonds is 7. The number of hydrogen-bond donors (Lipinski definition) is 3. The number of carbonyl (C=O) groups excluding carboxylic acids is 1. The van der Waals surface area contributed by atoms with E-state index in [1.165, 1.54) is 0 Å². The summed E-state index contributed by atoms with van der Waals surface area (Å²) in [6.45, 7) is 6.85. The van der Waals surface area contributed by atoms with Gasteiger partial charge in [-0.25, -0.2) is 4.79 Å². The summed E-state index contributed by atoms with van der Waals surface area (Å²) in [4.78, 5) is 11.7. The van der Waals surface area contributed by atoms with E-state index in [1.807, 2.05) is 45.0 Å². The van der Waals surface area contributed by atoms with Crippen LogP contribution in [-0.2, 0) is 0 Å². The Hall–Kier alpha value is -1.75. The van der Waals surface area contributed by atoms with Crippen molar-refractivity contribution in [3.63, 3.8) is 0 Å². The Morgan fingerprint density at radius 1 is 1.40 bits per heavy atom. The van der Waals surface area contributed by atoms with Crippen molar-refractivity contribution in [1.29, 1.82) is 0 Å². The number of ether oxygens (including phenoxy) is 1. The zero-order valence-electron chi connectivity index (χ0n) is 12.3. The van der Waals surface area contributed by atoms with E-state index in [9.17, 15) is 4.79 Å². The Balaban J connectivity index is 2.51. The quantitative estimate of drug-likeness (QED) is 0.716. The highest BCUT2D eigenvalue weighted by molar-refractivity contribution is 5.74. The molecule has 0 saturated carbocycles. The van der Waals surface area contributed by atoms with Crippen LogP contribution in [0.25, 0.3) is 0 Å². The van der Waals surface area contributed by atoms with Gasteiger partial charge in [-0.05, 0) is 37.5 Å². The molecule has 0 aromatic heterocycles. The lowest BCUT2D eigenvalue weighted by atomic mass is 10.1. The third-order valence-corrected chi connectivity index (χ3v) is 2.94. The molecule has 2 atom stereocenters. The minimum absolute atomic E-state index is 0.0531. The zero-order chi connectivity index (χ0) is 15.0. The van der Waals surface area contributed by atoms with Gasteiger partial charge in [-0.2, -0.15) is 0 Å². The molecule has 0 heterocycles. The molecule has 0 aliphatic carbocycles. The Bertz CT molecular complexity index is 423. The van der Waals surface area contributed by atoms with E-state index in [4.69, 9.17) is 9.84 Å². The minimum atomic E-state index is -0.236. The van der Waals surface area contributed by atoms with E-state index in [0.29, 0.717) is 13.2 Å². The smallest absolute Gasteiger partial charge is 0.315 e. The van der Waals surface area contributed by atoms with E-state index < -0.39 is 0 Å². The summed E-state index contributed by atoms with van der Waals surface area (Å²) >= 11 is 0. The molecule has 0 aliphatic rings. The van der Waals surface area contributed by atoms with Crippen molar-refractivity contribution in [3.05, 3.63) is 29.8 Å². The number of urea groups is 1. The predicted octanol–water partition coefficient (Wildman–Crippen LogP) is 2.07. The molecule has 1 rings (SSSR count). The van der Waals surface area contributed by atoms with Gasteiger partial charge in [0.25, 0.3) is 0 Å². The van der Waals surface area contributed by atoms with Crippen LogP contribution in [0, 0.1) is 5.92 Å². The summed E-state index contributed by atoms with van der Waals surface area (Å²) in [6, 6.07) is 7.32. The molecule has 2 unspecified atom stereocenters. The van der Waals surface area contributed by atoms with Crippen LogP contribution in [0.15, 0.2) is 24.3 Å². The third-order valence-electron chi connectivity index (χ3n) is 2.94. The Morgan fingerprint density at radius 3 is 2.80 bits per heavy atom. The van der Waals surface area contributed by atoms with Gasteiger partial charge >= 0.3 is 6.03 Å². The van der Waals surface area contributed by atoms with Gasteiger partial charge in [0.1, 0.15) is 5.75 Å². The van der Waals surface area contributed by atoms with E-state index >= 15 is 0 Å². The second-order valence-corrected chi connectivity index (χ2v) is 4.87. The molecule has 1 aromatic carbocycles. The van der Waals surface area contributed by atoms with Crippen molar-refractivity contribution >= 4 is 6.03 Å². The van der Waals surface area contributed by atoms with Crippen molar-refractivity contribution in [2.75, 3.05) is 19.8 Å². The molecule has 5 heteroatoms. The Labute approximate surface area is 120 Å². The van der Waals surface area contributed by atoms with Gasteiger partial charge in [-0.15, -0.1) is 0 Å². The monoisotopic (exact) mass is 280 g/mol. The van der Waals surface area contributed by atoms with Crippen LogP contribution in [0.3, 0.4) is 0 Å². The Kier molecular flexibility index (Phi) is 6.87. The lowest BCUT2D eigenvalue weighted by Gasteiger charge is -2.17. The lowest BCUT2D eigenvalue weighted by Crippen LogP contribution is -2.39. The fourth-order valence-corrected chi connectivity index (χ4v) is 1.70. The van der Waals surface area contributed by atoms with Gasteiger partial charge in [0.15, 0.2) is 0 Å². The molecule has 0 aliphatic heterocycles. The molecule has 0 fully saturated rings. The van der Waals surface area contributed by atoms with Crippen molar-refractivity contribution < 1.29 is 14.6 Å². The average molecular weight is 280 g/mol. The number of benzene rings is 1. The number of aliphatic hydroxyl groups excluding tert-OH is 1. The molecule has 1 aromatic rings. The summed E-state index contributed by atoms with van der Waals surface area (Å²) in [6.07, 6.45) is 0. The van der Waals surface area contributed by atoms with Crippen molar-refractivity contribution in [3.8, 4) is 5.75 Å². The van der Waals surface area contributed by atoms with Crippen LogP contribution >= 0.6 is 0 Å². The fourth-order valence-electron chi connectivity index (χ4n) is 1.70. The van der Waals surface area contributed by atoms with Crippen LogP contribution in [-0.4, -0.2) is 30.9 Å². The first kappa shape index (κ1) is 16.3. The minimum Gasteiger partial charge on any atom is -0.494 e. The van der Waals surface area contributed by atoms with Gasteiger partial charge in [0.2, 0.25) is 0 Å². The van der Waals surface area contributed by atoms with Gasteiger partial charge in [-0.3, -0.25) is 0 Å². The van der Waals surface area contributed by atoms with Crippen LogP contribution in [0.5, 0.6) is 5.75 Å². The van der Waals surface area contributed by atoms with E-state index in [2.05, 4.69) is 10.6 Å². The first-order chi connectivity index (χ1) is 9.56. The topological polar surface area (TPSA) is 70.6 Å². The molecule has 2 amide bonds. The average Bonchev–Trinajstić information content (AvgIpc) is 2.45. The lowest BCUT2D eigenvalue weighted by molar-refractivity contribution is 0.220. The largest absolute Gasteiger partial charge is 0.494 e. The summed E-state index contributed by atoms with van der Waals surface area (Å²) in [5.41, 5.74) is 0.987. The summed E-state index contributed by atoms with van der Waals surface area (Å²) in [5.74, 6) is 0.852. The maximum Gasteiger partial charge on any atom is 0.315 e. The summed E-state index contributed by atoms with van der Waals surface area (Å²) in [7, 11) is 0. The number of nitrogens with one attached hydrogen (secondary N) is 2. The van der Waals surface area contributed by atoms with Gasteiger partial charge < -0.3 is 20.5 Å². The third kappa shape index (κ3) is 5.48. The number of aliphatic hydroxyl groups is 1. The molecule has 5 nitrogen and oxygen atoms in total. The second-order valence-electron chi connectivity index (χ2n) is 4.87. The Morgan fingerprint density at radius 2 is 2.15 bits per heavy atom. The number of amides is 2. The molecule has 0 radical (unpaired) electrons. The zero-order valence-corrected chi connectivity index (χ0v) is 12.3. The first-order valence-electron chi connectivity index (χ1n) is 6.94. The van der Waals surface area contributed by atoms with Gasteiger partial charge in [0.05, 0.1) is 12.6 Å². The van der Waals surface area contributed by atoms with E-state index in [-0.39, 0.29) is 24.6 Å². The molecular formula is C15H24N2O3. The normalized spacial score (nSPS) is 13.4. The van der Waals surface area contributed by atoms with Crippen molar-refractivity contribution in [1.82, 2.24) is 10.6 Å². The standard InChI is InChI=1S/C15H24N2O3/c1-4-20-14-7-5-6-13(8-14)12(3)17-15(19)16-9-11(2)10-18/h5-8,11-12,18H,4,9-10H2,1-3H3,(H2,16,17,19). The highest BCUT2D eigenvalue weighted by Crippen LogP contribution is 2.18. The molecule has 0 saturated heterocycles. The molecule has 3 N–H and O–H groups in total. The molecule has 0 spiro atoms. The molecule has 20 heavy (non-hydrogen) atoms. The summed E-state index contributed by atoms with van der Waals surface area (Å²) in [5, 5.41) is 14.5. The van der Waals surface area contributed by atoms with Crippen LogP contribution < -0.4 is 15.4 Å². The maximum absolute atomic E-state index is 11.7. The van der Waals surface area contributed by atoms with Gasteiger partial charge in [-0.1, -0.05) is 19.1 Å². The highest BCUT2D eigenvalue weighted by atomic mass is 16.5. The highest BCUT2D eigenvalue weighted by Gasteiger charge is 2.10. The SMILES string of the molecule is CCOc1cccc(C(C)NC(=O)NCC(C)CO)c1. The van der Waals surface area contributed by atoms with E-state index in [1.54, 1.807) is 0 Å². The van der Waals surface area contributed by atoms with Crippen molar-refractivity contribution in [2.45, 2.75) is 26.8 Å². The second kappa shape index (κ2) is 8.43. The molecule has 112 valence electrons. The maximum atomic E-state index is 11.7. The first-order valence-corrected chi connectivity index (χ1v) is 6.94. The van der Waals surface area contributed by atoms with E-state index in [0.717, 1.165) is 11.3 Å². The van der Waals surface area contributed by atoms with Crippen LogP contribution in [0.2, 0.25) is 0 Å². The number of carbonyl (C=O) groups is 1. The fraction of sp³-hybridized carbons (Fsp3) is 0.533.